The number of unbranched alkanes of at least 4 members (excludes halogenated alkanes) is 4. The first-order chi connectivity index (χ1) is 8.75. The van der Waals surface area contributed by atoms with Crippen LogP contribution in [-0.4, -0.2) is 17.2 Å². The second kappa shape index (κ2) is 9.03. The third-order valence-corrected chi connectivity index (χ3v) is 3.35. The monoisotopic (exact) mass is 251 g/mol. The number of rotatable bonds is 9. The summed E-state index contributed by atoms with van der Waals surface area (Å²) in [6.07, 6.45) is 17.9. The molecule has 3 N–H and O–H groups in total. The SMILES string of the molecule is CCCC/C=C/CCCCC1NC=CN1C(C)N. The maximum Gasteiger partial charge on any atom is 0.0995 e. The standard InChI is InChI=1S/C15H29N3/c1-3-4-5-6-7-8-9-10-11-15-17-12-13-18(15)14(2)16/h6-7,12-15,17H,3-5,8-11,16H2,1-2H3/b7-6+. The van der Waals surface area contributed by atoms with Gasteiger partial charge < -0.3 is 16.0 Å². The van der Waals surface area contributed by atoms with Crippen molar-refractivity contribution in [2.45, 2.75) is 71.1 Å². The van der Waals surface area contributed by atoms with Crippen molar-refractivity contribution in [3.8, 4) is 0 Å². The van der Waals surface area contributed by atoms with Crippen LogP contribution in [0.1, 0.15) is 58.8 Å². The zero-order valence-corrected chi connectivity index (χ0v) is 11.9. The number of nitrogens with zero attached hydrogens (tertiary/aromatic N) is 1. The van der Waals surface area contributed by atoms with E-state index in [1.165, 1.54) is 38.5 Å². The van der Waals surface area contributed by atoms with Crippen molar-refractivity contribution in [3.05, 3.63) is 24.6 Å². The number of nitrogens with one attached hydrogen (secondary N) is 1. The molecule has 1 rings (SSSR count). The number of hydrogen-bond acceptors (Lipinski definition) is 3. The minimum Gasteiger partial charge on any atom is -0.370 e. The molecule has 2 atom stereocenters. The van der Waals surface area contributed by atoms with Crippen molar-refractivity contribution < 1.29 is 0 Å². The summed E-state index contributed by atoms with van der Waals surface area (Å²) in [4.78, 5) is 2.19. The van der Waals surface area contributed by atoms with E-state index in [0.29, 0.717) is 6.17 Å². The molecule has 1 aliphatic heterocycles. The van der Waals surface area contributed by atoms with E-state index in [2.05, 4.69) is 35.5 Å². The van der Waals surface area contributed by atoms with Gasteiger partial charge in [-0.1, -0.05) is 31.9 Å². The molecule has 3 heteroatoms. The van der Waals surface area contributed by atoms with E-state index in [1.54, 1.807) is 0 Å². The molecule has 3 nitrogen and oxygen atoms in total. The molecular weight excluding hydrogens is 222 g/mol. The lowest BCUT2D eigenvalue weighted by Gasteiger charge is -2.28. The molecule has 0 spiro atoms. The van der Waals surface area contributed by atoms with Gasteiger partial charge in [0.15, 0.2) is 0 Å². The molecular formula is C15H29N3. The van der Waals surface area contributed by atoms with E-state index in [9.17, 15) is 0 Å². The zero-order valence-electron chi connectivity index (χ0n) is 11.9. The summed E-state index contributed by atoms with van der Waals surface area (Å²) in [6, 6.07) is 0. The fourth-order valence-corrected chi connectivity index (χ4v) is 2.24. The fourth-order valence-electron chi connectivity index (χ4n) is 2.24. The normalized spacial score (nSPS) is 20.6. The summed E-state index contributed by atoms with van der Waals surface area (Å²) in [5, 5.41) is 3.35. The van der Waals surface area contributed by atoms with Gasteiger partial charge in [0, 0.05) is 12.4 Å². The highest BCUT2D eigenvalue weighted by Gasteiger charge is 2.19. The molecule has 0 fully saturated rings. The van der Waals surface area contributed by atoms with Crippen LogP contribution >= 0.6 is 0 Å². The van der Waals surface area contributed by atoms with Gasteiger partial charge in [0.1, 0.15) is 0 Å². The van der Waals surface area contributed by atoms with Gasteiger partial charge in [-0.15, -0.1) is 0 Å². The molecule has 0 aromatic rings. The third kappa shape index (κ3) is 5.58. The highest BCUT2D eigenvalue weighted by Crippen LogP contribution is 2.14. The van der Waals surface area contributed by atoms with Crippen molar-refractivity contribution in [2.24, 2.45) is 5.73 Å². The van der Waals surface area contributed by atoms with Crippen LogP contribution in [0.25, 0.3) is 0 Å². The smallest absolute Gasteiger partial charge is 0.0995 e. The quantitative estimate of drug-likeness (QED) is 0.488. The molecule has 2 unspecified atom stereocenters. The minimum atomic E-state index is 0.0928. The molecule has 0 amide bonds. The molecule has 0 saturated carbocycles. The Balaban J connectivity index is 2.03. The molecule has 0 aliphatic carbocycles. The van der Waals surface area contributed by atoms with Gasteiger partial charge in [0.05, 0.1) is 12.3 Å². The van der Waals surface area contributed by atoms with Gasteiger partial charge in [-0.2, -0.15) is 0 Å². The fraction of sp³-hybridized carbons (Fsp3) is 0.733. The summed E-state index contributed by atoms with van der Waals surface area (Å²) in [5.41, 5.74) is 5.91. The van der Waals surface area contributed by atoms with E-state index < -0.39 is 0 Å². The predicted molar refractivity (Wildman–Crippen MR) is 78.7 cm³/mol. The van der Waals surface area contributed by atoms with Crippen molar-refractivity contribution >= 4 is 0 Å². The van der Waals surface area contributed by atoms with Crippen LogP contribution < -0.4 is 11.1 Å². The van der Waals surface area contributed by atoms with Crippen LogP contribution in [0.15, 0.2) is 24.6 Å². The van der Waals surface area contributed by atoms with Crippen LogP contribution in [-0.2, 0) is 0 Å². The van der Waals surface area contributed by atoms with Crippen molar-refractivity contribution in [2.75, 3.05) is 0 Å². The Labute approximate surface area is 112 Å². The van der Waals surface area contributed by atoms with Gasteiger partial charge in [-0.05, 0) is 39.0 Å². The molecule has 0 saturated heterocycles. The van der Waals surface area contributed by atoms with E-state index >= 15 is 0 Å². The molecule has 1 aliphatic rings. The average Bonchev–Trinajstić information content (AvgIpc) is 2.81. The lowest BCUT2D eigenvalue weighted by molar-refractivity contribution is 0.208. The number of nitrogens with two attached hydrogens (primary N) is 1. The second-order valence-electron chi connectivity index (χ2n) is 5.08. The van der Waals surface area contributed by atoms with Gasteiger partial charge in [-0.25, -0.2) is 0 Å². The first-order valence-electron chi connectivity index (χ1n) is 7.36. The van der Waals surface area contributed by atoms with E-state index in [0.717, 1.165) is 6.42 Å². The van der Waals surface area contributed by atoms with Crippen molar-refractivity contribution in [1.29, 1.82) is 0 Å². The van der Waals surface area contributed by atoms with Crippen molar-refractivity contribution in [1.82, 2.24) is 10.2 Å². The molecule has 0 aromatic carbocycles. The summed E-state index contributed by atoms with van der Waals surface area (Å²) < 4.78 is 0. The number of allylic oxidation sites excluding steroid dienone is 2. The topological polar surface area (TPSA) is 41.3 Å². The first-order valence-corrected chi connectivity index (χ1v) is 7.36. The highest BCUT2D eigenvalue weighted by molar-refractivity contribution is 4.95. The maximum atomic E-state index is 5.91. The van der Waals surface area contributed by atoms with Gasteiger partial charge in [0.2, 0.25) is 0 Å². The lowest BCUT2D eigenvalue weighted by Crippen LogP contribution is -2.44. The van der Waals surface area contributed by atoms with E-state index in [4.69, 9.17) is 5.73 Å². The Kier molecular flexibility index (Phi) is 7.58. The van der Waals surface area contributed by atoms with E-state index in [1.807, 2.05) is 13.1 Å². The Hall–Kier alpha value is -0.960. The van der Waals surface area contributed by atoms with Crippen LogP contribution in [0.3, 0.4) is 0 Å². The second-order valence-corrected chi connectivity index (χ2v) is 5.08. The van der Waals surface area contributed by atoms with Gasteiger partial charge >= 0.3 is 0 Å². The summed E-state index contributed by atoms with van der Waals surface area (Å²) in [5.74, 6) is 0. The maximum absolute atomic E-state index is 5.91. The van der Waals surface area contributed by atoms with Crippen molar-refractivity contribution in [3.63, 3.8) is 0 Å². The first kappa shape index (κ1) is 15.1. The Morgan fingerprint density at radius 2 is 2.00 bits per heavy atom. The molecule has 0 radical (unpaired) electrons. The summed E-state index contributed by atoms with van der Waals surface area (Å²) >= 11 is 0. The van der Waals surface area contributed by atoms with E-state index in [-0.39, 0.29) is 6.17 Å². The lowest BCUT2D eigenvalue weighted by atomic mass is 10.1. The largest absolute Gasteiger partial charge is 0.370 e. The average molecular weight is 251 g/mol. The minimum absolute atomic E-state index is 0.0928. The highest BCUT2D eigenvalue weighted by atomic mass is 15.3. The molecule has 0 bridgehead atoms. The van der Waals surface area contributed by atoms with Crippen LogP contribution in [0.2, 0.25) is 0 Å². The predicted octanol–water partition coefficient (Wildman–Crippen LogP) is 3.30. The number of hydrogen-bond donors (Lipinski definition) is 2. The molecule has 1 heterocycles. The Morgan fingerprint density at radius 1 is 1.28 bits per heavy atom. The molecule has 104 valence electrons. The Morgan fingerprint density at radius 3 is 2.67 bits per heavy atom. The Bertz CT molecular complexity index is 258. The molecule has 0 aromatic heterocycles. The van der Waals surface area contributed by atoms with Crippen LogP contribution in [0.5, 0.6) is 0 Å². The van der Waals surface area contributed by atoms with Gasteiger partial charge in [0.25, 0.3) is 0 Å². The van der Waals surface area contributed by atoms with Crippen LogP contribution in [0, 0.1) is 0 Å². The third-order valence-electron chi connectivity index (χ3n) is 3.35. The summed E-state index contributed by atoms with van der Waals surface area (Å²) in [7, 11) is 0. The summed E-state index contributed by atoms with van der Waals surface area (Å²) in [6.45, 7) is 4.27. The molecule has 18 heavy (non-hydrogen) atoms. The van der Waals surface area contributed by atoms with Gasteiger partial charge in [-0.3, -0.25) is 0 Å². The zero-order chi connectivity index (χ0) is 13.2. The van der Waals surface area contributed by atoms with Crippen LogP contribution in [0.4, 0.5) is 0 Å².